The topological polar surface area (TPSA) is 61.5 Å². The maximum absolute atomic E-state index is 5.45. The van der Waals surface area contributed by atoms with E-state index in [-0.39, 0.29) is 0 Å². The molecule has 0 atom stereocenters. The van der Waals surface area contributed by atoms with Gasteiger partial charge in [0.05, 0.1) is 20.4 Å². The van der Waals surface area contributed by atoms with Crippen LogP contribution in [0.3, 0.4) is 0 Å². The van der Waals surface area contributed by atoms with Gasteiger partial charge in [0, 0.05) is 15.8 Å². The number of nitrogens with zero attached hydrogens (tertiary/aromatic N) is 4. The first-order valence-electron chi connectivity index (χ1n) is 8.17. The van der Waals surface area contributed by atoms with Crippen molar-refractivity contribution < 1.29 is 9.47 Å². The Kier molecular flexibility index (Phi) is 6.52. The molecule has 0 radical (unpaired) electrons. The normalized spacial score (nSPS) is 11.1. The van der Waals surface area contributed by atoms with Crippen molar-refractivity contribution in [3.63, 3.8) is 0 Å². The van der Waals surface area contributed by atoms with Crippen molar-refractivity contribution in [3.05, 3.63) is 63.9 Å². The predicted molar refractivity (Wildman–Crippen MR) is 111 cm³/mol. The molecule has 0 amide bonds. The molecule has 1 heterocycles. The molecule has 0 unspecified atom stereocenters. The fraction of sp³-hybridized carbons (Fsp3) is 0.211. The van der Waals surface area contributed by atoms with Crippen LogP contribution in [0.25, 0.3) is 0 Å². The van der Waals surface area contributed by atoms with Gasteiger partial charge in [-0.2, -0.15) is 9.78 Å². The van der Waals surface area contributed by atoms with E-state index in [1.54, 1.807) is 36.9 Å². The molecule has 6 nitrogen and oxygen atoms in total. The van der Waals surface area contributed by atoms with Crippen LogP contribution in [-0.2, 0) is 5.75 Å². The van der Waals surface area contributed by atoms with Crippen LogP contribution in [0.2, 0.25) is 0 Å². The van der Waals surface area contributed by atoms with Gasteiger partial charge in [-0.05, 0) is 36.8 Å². The van der Waals surface area contributed by atoms with E-state index in [2.05, 4.69) is 43.4 Å². The summed E-state index contributed by atoms with van der Waals surface area (Å²) in [4.78, 5) is 0. The third-order valence-corrected chi connectivity index (χ3v) is 5.31. The number of hydrogen-bond acceptors (Lipinski definition) is 6. The Morgan fingerprint density at radius 3 is 2.59 bits per heavy atom. The van der Waals surface area contributed by atoms with Crippen LogP contribution in [0.1, 0.15) is 17.0 Å². The zero-order valence-electron chi connectivity index (χ0n) is 15.2. The highest BCUT2D eigenvalue weighted by Gasteiger charge is 2.11. The summed E-state index contributed by atoms with van der Waals surface area (Å²) in [7, 11) is 3.22. The molecule has 0 aliphatic rings. The second-order valence-corrected chi connectivity index (χ2v) is 7.44. The predicted octanol–water partition coefficient (Wildman–Crippen LogP) is 4.54. The first-order valence-corrected chi connectivity index (χ1v) is 9.95. The molecule has 0 aliphatic carbocycles. The average molecular weight is 447 g/mol. The highest BCUT2D eigenvalue weighted by molar-refractivity contribution is 9.10. The molecule has 8 heteroatoms. The molecule has 0 saturated heterocycles. The zero-order chi connectivity index (χ0) is 19.2. The largest absolute Gasteiger partial charge is 0.493 e. The molecule has 140 valence electrons. The molecule has 0 saturated carbocycles. The lowest BCUT2D eigenvalue weighted by Gasteiger charge is -2.09. The van der Waals surface area contributed by atoms with Gasteiger partial charge in [0.1, 0.15) is 0 Å². The van der Waals surface area contributed by atoms with Gasteiger partial charge in [-0.25, -0.2) is 0 Å². The second kappa shape index (κ2) is 9.05. The van der Waals surface area contributed by atoms with Crippen LogP contribution >= 0.6 is 27.7 Å². The number of benzene rings is 2. The van der Waals surface area contributed by atoms with Gasteiger partial charge in [-0.3, -0.25) is 0 Å². The minimum Gasteiger partial charge on any atom is -0.493 e. The standard InChI is InChI=1S/C19H19BrN4O2S/c1-13-22-23-19(27-12-14-7-9-16(20)10-8-14)24(13)21-11-15-5-4-6-17(25-2)18(15)26-3/h4-11H,12H2,1-3H3/b21-11-. The minimum atomic E-state index is 0.638. The smallest absolute Gasteiger partial charge is 0.212 e. The van der Waals surface area contributed by atoms with Gasteiger partial charge >= 0.3 is 0 Å². The number of hydrogen-bond donors (Lipinski definition) is 0. The van der Waals surface area contributed by atoms with E-state index < -0.39 is 0 Å². The molecule has 0 spiro atoms. The highest BCUT2D eigenvalue weighted by Crippen LogP contribution is 2.29. The van der Waals surface area contributed by atoms with Crippen LogP contribution in [0.5, 0.6) is 11.5 Å². The summed E-state index contributed by atoms with van der Waals surface area (Å²) in [5.74, 6) is 2.79. The van der Waals surface area contributed by atoms with Crippen molar-refractivity contribution >= 4 is 33.9 Å². The summed E-state index contributed by atoms with van der Waals surface area (Å²) in [5.41, 5.74) is 2.02. The number of para-hydroxylation sites is 1. The number of methoxy groups -OCH3 is 2. The molecular weight excluding hydrogens is 428 g/mol. The monoisotopic (exact) mass is 446 g/mol. The first-order chi connectivity index (χ1) is 13.1. The number of ether oxygens (including phenoxy) is 2. The number of aromatic nitrogens is 3. The number of halogens is 1. The van der Waals surface area contributed by atoms with Crippen molar-refractivity contribution in [3.8, 4) is 11.5 Å². The fourth-order valence-electron chi connectivity index (χ4n) is 2.42. The number of rotatable bonds is 7. The molecule has 2 aromatic carbocycles. The average Bonchev–Trinajstić information content (AvgIpc) is 3.05. The minimum absolute atomic E-state index is 0.638. The number of aryl methyl sites for hydroxylation is 1. The van der Waals surface area contributed by atoms with E-state index in [0.717, 1.165) is 20.9 Å². The molecule has 27 heavy (non-hydrogen) atoms. The second-order valence-electron chi connectivity index (χ2n) is 5.58. The lowest BCUT2D eigenvalue weighted by Crippen LogP contribution is -1.99. The summed E-state index contributed by atoms with van der Waals surface area (Å²) < 4.78 is 13.6. The van der Waals surface area contributed by atoms with Gasteiger partial charge in [-0.1, -0.05) is 45.9 Å². The third-order valence-electron chi connectivity index (χ3n) is 3.79. The molecule has 0 N–H and O–H groups in total. The summed E-state index contributed by atoms with van der Waals surface area (Å²) in [6.07, 6.45) is 1.72. The van der Waals surface area contributed by atoms with Crippen LogP contribution < -0.4 is 9.47 Å². The molecule has 3 aromatic rings. The Hall–Kier alpha value is -2.32. The Morgan fingerprint density at radius 2 is 1.89 bits per heavy atom. The van der Waals surface area contributed by atoms with Gasteiger partial charge in [0.25, 0.3) is 0 Å². The Labute approximate surface area is 170 Å². The van der Waals surface area contributed by atoms with E-state index in [4.69, 9.17) is 9.47 Å². The lowest BCUT2D eigenvalue weighted by atomic mass is 10.2. The quantitative estimate of drug-likeness (QED) is 0.393. The van der Waals surface area contributed by atoms with Crippen molar-refractivity contribution in [2.45, 2.75) is 17.8 Å². The van der Waals surface area contributed by atoms with Gasteiger partial charge < -0.3 is 9.47 Å². The van der Waals surface area contributed by atoms with Crippen molar-refractivity contribution in [1.82, 2.24) is 14.9 Å². The fourth-order valence-corrected chi connectivity index (χ4v) is 3.58. The van der Waals surface area contributed by atoms with Crippen molar-refractivity contribution in [2.24, 2.45) is 5.10 Å². The zero-order valence-corrected chi connectivity index (χ0v) is 17.6. The van der Waals surface area contributed by atoms with Crippen LogP contribution in [-0.4, -0.2) is 35.3 Å². The van der Waals surface area contributed by atoms with E-state index in [9.17, 15) is 0 Å². The molecular formula is C19H19BrN4O2S. The van der Waals surface area contributed by atoms with Gasteiger partial charge in [-0.15, -0.1) is 10.2 Å². The van der Waals surface area contributed by atoms with Gasteiger partial charge in [0.2, 0.25) is 5.16 Å². The summed E-state index contributed by atoms with van der Waals surface area (Å²) in [6.45, 7) is 1.87. The maximum Gasteiger partial charge on any atom is 0.212 e. The van der Waals surface area contributed by atoms with E-state index in [1.807, 2.05) is 37.3 Å². The number of thioether (sulfide) groups is 1. The SMILES string of the molecule is COc1cccc(/C=N\n2c(C)nnc2SCc2ccc(Br)cc2)c1OC. The highest BCUT2D eigenvalue weighted by atomic mass is 79.9. The lowest BCUT2D eigenvalue weighted by molar-refractivity contribution is 0.354. The molecule has 1 aromatic heterocycles. The Balaban J connectivity index is 1.81. The molecule has 3 rings (SSSR count). The van der Waals surface area contributed by atoms with E-state index >= 15 is 0 Å². The Bertz CT molecular complexity index is 941. The van der Waals surface area contributed by atoms with E-state index in [1.165, 1.54) is 5.56 Å². The Morgan fingerprint density at radius 1 is 1.11 bits per heavy atom. The summed E-state index contributed by atoms with van der Waals surface area (Å²) >= 11 is 5.03. The van der Waals surface area contributed by atoms with Crippen LogP contribution in [0, 0.1) is 6.92 Å². The van der Waals surface area contributed by atoms with Crippen molar-refractivity contribution in [2.75, 3.05) is 14.2 Å². The maximum atomic E-state index is 5.45. The van der Waals surface area contributed by atoms with Gasteiger partial charge in [0.15, 0.2) is 17.3 Å². The first kappa shape index (κ1) is 19.4. The summed E-state index contributed by atoms with van der Waals surface area (Å²) in [5, 5.41) is 13.7. The summed E-state index contributed by atoms with van der Waals surface area (Å²) in [6, 6.07) is 13.9. The molecule has 0 bridgehead atoms. The van der Waals surface area contributed by atoms with Crippen LogP contribution in [0.15, 0.2) is 57.2 Å². The van der Waals surface area contributed by atoms with Crippen LogP contribution in [0.4, 0.5) is 0 Å². The molecule has 0 aliphatic heterocycles. The van der Waals surface area contributed by atoms with E-state index in [0.29, 0.717) is 17.3 Å². The molecule has 0 fully saturated rings. The van der Waals surface area contributed by atoms with Crippen molar-refractivity contribution in [1.29, 1.82) is 0 Å². The third kappa shape index (κ3) is 4.70.